The van der Waals surface area contributed by atoms with Crippen LogP contribution in [-0.2, 0) is 55.0 Å². The summed E-state index contributed by atoms with van der Waals surface area (Å²) in [5.41, 5.74) is 7.64. The number of nitrogens with two attached hydrogens (primary N) is 1. The Morgan fingerprint density at radius 3 is 1.80 bits per heavy atom. The normalized spacial score (nSPS) is 13.9. The van der Waals surface area contributed by atoms with Crippen LogP contribution in [0.25, 0.3) is 0 Å². The van der Waals surface area contributed by atoms with Gasteiger partial charge in [0, 0.05) is 20.6 Å². The first-order chi connectivity index (χ1) is 20.9. The first-order valence-electron chi connectivity index (χ1n) is 13.5. The van der Waals surface area contributed by atoms with Gasteiger partial charge in [0.15, 0.2) is 0 Å². The van der Waals surface area contributed by atoms with E-state index in [1.54, 1.807) is 30.3 Å². The van der Waals surface area contributed by atoms with Gasteiger partial charge < -0.3 is 32.1 Å². The highest BCUT2D eigenvalue weighted by Gasteiger charge is 2.33. The molecule has 44 heavy (non-hydrogen) atoms. The third kappa shape index (κ3) is 12.2. The monoisotopic (exact) mass is 635 g/mol. The number of phosphoric ester groups is 1. The molecule has 15 nitrogen and oxygen atoms in total. The van der Waals surface area contributed by atoms with Crippen LogP contribution in [0.4, 0.5) is 0 Å². The number of carbonyl (C=O) groups is 5. The van der Waals surface area contributed by atoms with Gasteiger partial charge in [-0.15, -0.1) is 0 Å². The second-order valence-corrected chi connectivity index (χ2v) is 11.4. The fourth-order valence-electron chi connectivity index (χ4n) is 3.79. The van der Waals surface area contributed by atoms with Gasteiger partial charge in [0.25, 0.3) is 0 Å². The molecule has 0 spiro atoms. The lowest BCUT2D eigenvalue weighted by Crippen LogP contribution is -2.59. The average molecular weight is 636 g/mol. The van der Waals surface area contributed by atoms with Crippen molar-refractivity contribution in [3.63, 3.8) is 0 Å². The third-order valence-electron chi connectivity index (χ3n) is 6.20. The fourth-order valence-corrected chi connectivity index (χ4v) is 4.49. The third-order valence-corrected chi connectivity index (χ3v) is 7.56. The molecule has 0 aliphatic carbocycles. The molecule has 0 bridgehead atoms. The van der Waals surface area contributed by atoms with Crippen molar-refractivity contribution in [1.29, 1.82) is 0 Å². The molecule has 0 heterocycles. The number of aliphatic carboxylic acids is 1. The Balaban J connectivity index is 2.26. The summed E-state index contributed by atoms with van der Waals surface area (Å²) < 4.78 is 27.1. The van der Waals surface area contributed by atoms with Crippen molar-refractivity contribution in [3.8, 4) is 0 Å². The number of carboxylic acids is 1. The zero-order chi connectivity index (χ0) is 32.7. The summed E-state index contributed by atoms with van der Waals surface area (Å²) in [6.45, 7) is -0.115. The van der Waals surface area contributed by atoms with Crippen LogP contribution in [-0.4, -0.2) is 86.2 Å². The standard InChI is InChI=1S/C28H38N5O10P/c1-18(25(36)30-16-24(34)35)31-28(39)23(17-43-44(40,41-2)42-3)33-27(38)22(15-20-12-8-5-9-13-20)32-26(37)21(29)14-19-10-6-4-7-11-19/h4-13,18,21-23H,14-17,29H2,1-3H3,(H,30,36)(H,31,39)(H,32,37)(H,33,38)(H,34,35)/t18-,21-,22-,23-/m0/s1. The minimum absolute atomic E-state index is 0.0221. The van der Waals surface area contributed by atoms with Gasteiger partial charge in [-0.05, 0) is 24.5 Å². The van der Waals surface area contributed by atoms with Crippen LogP contribution in [0.5, 0.6) is 0 Å². The van der Waals surface area contributed by atoms with E-state index in [1.807, 2.05) is 30.3 Å². The summed E-state index contributed by atoms with van der Waals surface area (Å²) in [7, 11) is -2.00. The minimum atomic E-state index is -4.10. The molecule has 240 valence electrons. The molecule has 16 heteroatoms. The molecule has 4 amide bonds. The van der Waals surface area contributed by atoms with E-state index in [0.717, 1.165) is 19.8 Å². The van der Waals surface area contributed by atoms with Gasteiger partial charge in [0.05, 0.1) is 12.6 Å². The van der Waals surface area contributed by atoms with Gasteiger partial charge in [-0.2, -0.15) is 0 Å². The van der Waals surface area contributed by atoms with E-state index in [2.05, 4.69) is 21.3 Å². The summed E-state index contributed by atoms with van der Waals surface area (Å²) in [5, 5.41) is 18.3. The Kier molecular flexibility index (Phi) is 14.6. The zero-order valence-corrected chi connectivity index (χ0v) is 25.5. The van der Waals surface area contributed by atoms with Crippen molar-refractivity contribution in [2.45, 2.75) is 43.9 Å². The second-order valence-electron chi connectivity index (χ2n) is 9.56. The molecule has 2 aromatic carbocycles. The Bertz CT molecular complexity index is 1310. The van der Waals surface area contributed by atoms with Crippen molar-refractivity contribution in [2.24, 2.45) is 5.73 Å². The van der Waals surface area contributed by atoms with Crippen LogP contribution in [0, 0.1) is 0 Å². The number of benzene rings is 2. The van der Waals surface area contributed by atoms with E-state index < -0.39 is 74.7 Å². The van der Waals surface area contributed by atoms with Gasteiger partial charge in [-0.3, -0.25) is 37.5 Å². The number of nitrogens with one attached hydrogen (secondary N) is 4. The molecular formula is C28H38N5O10P. The highest BCUT2D eigenvalue weighted by atomic mass is 31.2. The van der Waals surface area contributed by atoms with Crippen LogP contribution >= 0.6 is 7.82 Å². The first-order valence-corrected chi connectivity index (χ1v) is 14.9. The largest absolute Gasteiger partial charge is 0.480 e. The molecule has 4 atom stereocenters. The average Bonchev–Trinajstić information content (AvgIpc) is 3.01. The molecule has 0 aliphatic heterocycles. The number of carbonyl (C=O) groups excluding carboxylic acids is 4. The summed E-state index contributed by atoms with van der Waals surface area (Å²) in [6.07, 6.45) is 0.227. The van der Waals surface area contributed by atoms with E-state index in [0.29, 0.717) is 5.56 Å². The van der Waals surface area contributed by atoms with Crippen molar-refractivity contribution in [3.05, 3.63) is 71.8 Å². The lowest BCUT2D eigenvalue weighted by atomic mass is 10.0. The van der Waals surface area contributed by atoms with Crippen molar-refractivity contribution < 1.29 is 47.2 Å². The molecule has 2 rings (SSSR count). The molecule has 0 radical (unpaired) electrons. The maximum absolute atomic E-state index is 13.6. The molecule has 0 aromatic heterocycles. The second kappa shape index (κ2) is 17.9. The van der Waals surface area contributed by atoms with Crippen molar-refractivity contribution >= 4 is 37.4 Å². The molecule has 0 fully saturated rings. The fraction of sp³-hybridized carbons (Fsp3) is 0.393. The maximum Gasteiger partial charge on any atom is 0.474 e. The Hall–Kier alpha value is -4.14. The van der Waals surface area contributed by atoms with Gasteiger partial charge in [-0.1, -0.05) is 60.7 Å². The van der Waals surface area contributed by atoms with Crippen LogP contribution in [0.2, 0.25) is 0 Å². The Labute approximate surface area is 254 Å². The molecular weight excluding hydrogens is 597 g/mol. The van der Waals surface area contributed by atoms with Gasteiger partial charge in [-0.25, -0.2) is 4.57 Å². The number of hydrogen-bond acceptors (Lipinski definition) is 10. The van der Waals surface area contributed by atoms with Crippen LogP contribution in [0.15, 0.2) is 60.7 Å². The molecule has 2 aromatic rings. The lowest BCUT2D eigenvalue weighted by molar-refractivity contribution is -0.138. The summed E-state index contributed by atoms with van der Waals surface area (Å²) in [4.78, 5) is 62.8. The molecule has 0 saturated carbocycles. The van der Waals surface area contributed by atoms with Crippen LogP contribution in [0.1, 0.15) is 18.1 Å². The lowest BCUT2D eigenvalue weighted by Gasteiger charge is -2.26. The van der Waals surface area contributed by atoms with E-state index in [4.69, 9.17) is 24.4 Å². The van der Waals surface area contributed by atoms with E-state index in [-0.39, 0.29) is 12.8 Å². The van der Waals surface area contributed by atoms with E-state index in [1.165, 1.54) is 6.92 Å². The SMILES string of the molecule is COP(=O)(OC)OC[C@H](NC(=O)[C@H](Cc1ccccc1)NC(=O)[C@@H](N)Cc1ccccc1)C(=O)N[C@@H](C)C(=O)NCC(=O)O. The van der Waals surface area contributed by atoms with Crippen LogP contribution in [0.3, 0.4) is 0 Å². The number of carboxylic acid groups (broad SMARTS) is 1. The Morgan fingerprint density at radius 1 is 0.773 bits per heavy atom. The summed E-state index contributed by atoms with van der Waals surface area (Å²) in [5.74, 6) is -4.48. The highest BCUT2D eigenvalue weighted by molar-refractivity contribution is 7.48. The number of phosphoric acid groups is 1. The first kappa shape index (κ1) is 36.1. The van der Waals surface area contributed by atoms with Crippen molar-refractivity contribution in [2.75, 3.05) is 27.4 Å². The molecule has 0 saturated heterocycles. The summed E-state index contributed by atoms with van der Waals surface area (Å²) in [6, 6.07) is 12.8. The van der Waals surface area contributed by atoms with E-state index >= 15 is 0 Å². The highest BCUT2D eigenvalue weighted by Crippen LogP contribution is 2.47. The quantitative estimate of drug-likeness (QED) is 0.119. The molecule has 7 N–H and O–H groups in total. The maximum atomic E-state index is 13.6. The summed E-state index contributed by atoms with van der Waals surface area (Å²) >= 11 is 0. The molecule has 0 aliphatic rings. The van der Waals surface area contributed by atoms with Gasteiger partial charge >= 0.3 is 13.8 Å². The van der Waals surface area contributed by atoms with Crippen LogP contribution < -0.4 is 27.0 Å². The number of amides is 4. The van der Waals surface area contributed by atoms with Gasteiger partial charge in [0.1, 0.15) is 24.7 Å². The van der Waals surface area contributed by atoms with E-state index in [9.17, 15) is 28.5 Å². The predicted molar refractivity (Wildman–Crippen MR) is 158 cm³/mol. The molecule has 0 unspecified atom stereocenters. The minimum Gasteiger partial charge on any atom is -0.480 e. The van der Waals surface area contributed by atoms with Gasteiger partial charge in [0.2, 0.25) is 23.6 Å². The zero-order valence-electron chi connectivity index (χ0n) is 24.6. The number of hydrogen-bond donors (Lipinski definition) is 6. The predicted octanol–water partition coefficient (Wildman–Crippen LogP) is -0.108. The topological polar surface area (TPSA) is 224 Å². The smallest absolute Gasteiger partial charge is 0.474 e. The number of rotatable bonds is 18. The van der Waals surface area contributed by atoms with Crippen molar-refractivity contribution in [1.82, 2.24) is 21.3 Å². The Morgan fingerprint density at radius 2 is 1.27 bits per heavy atom.